The molecule has 2 aromatic carbocycles. The van der Waals surface area contributed by atoms with Crippen LogP contribution in [0.3, 0.4) is 0 Å². The van der Waals surface area contributed by atoms with E-state index in [0.29, 0.717) is 22.0 Å². The smallest absolute Gasteiger partial charge is 0.256 e. The van der Waals surface area contributed by atoms with Gasteiger partial charge >= 0.3 is 0 Å². The van der Waals surface area contributed by atoms with E-state index in [0.717, 1.165) is 10.0 Å². The number of anilines is 2. The summed E-state index contributed by atoms with van der Waals surface area (Å²) >= 11 is 9.43. The van der Waals surface area contributed by atoms with Gasteiger partial charge in [0.05, 0.1) is 22.0 Å². The number of rotatable bonds is 2. The van der Waals surface area contributed by atoms with Crippen LogP contribution in [0.5, 0.6) is 0 Å². The van der Waals surface area contributed by atoms with Gasteiger partial charge in [-0.25, -0.2) is 0 Å². The van der Waals surface area contributed by atoms with Crippen LogP contribution in [0.15, 0.2) is 40.9 Å². The zero-order valence-corrected chi connectivity index (χ0v) is 12.5. The highest BCUT2D eigenvalue weighted by Gasteiger charge is 2.14. The van der Waals surface area contributed by atoms with Gasteiger partial charge in [0.2, 0.25) is 0 Å². The topological polar surface area (TPSA) is 55.1 Å². The predicted molar refractivity (Wildman–Crippen MR) is 82.7 cm³/mol. The fourth-order valence-corrected chi connectivity index (χ4v) is 2.35. The van der Waals surface area contributed by atoms with Gasteiger partial charge in [-0.2, -0.15) is 0 Å². The van der Waals surface area contributed by atoms with Gasteiger partial charge in [0.25, 0.3) is 5.91 Å². The monoisotopic (exact) mass is 338 g/mol. The summed E-state index contributed by atoms with van der Waals surface area (Å²) < 4.78 is 0.762. The lowest BCUT2D eigenvalue weighted by atomic mass is 10.1. The molecule has 0 radical (unpaired) electrons. The first-order chi connectivity index (χ1) is 9.00. The molecule has 0 saturated carbocycles. The Morgan fingerprint density at radius 3 is 2.63 bits per heavy atom. The molecular weight excluding hydrogens is 328 g/mol. The van der Waals surface area contributed by atoms with E-state index in [-0.39, 0.29) is 5.91 Å². The Labute approximate surface area is 124 Å². The highest BCUT2D eigenvalue weighted by molar-refractivity contribution is 9.10. The van der Waals surface area contributed by atoms with Crippen molar-refractivity contribution in [1.82, 2.24) is 0 Å². The molecule has 0 fully saturated rings. The van der Waals surface area contributed by atoms with Crippen molar-refractivity contribution in [2.24, 2.45) is 0 Å². The van der Waals surface area contributed by atoms with Gasteiger partial charge < -0.3 is 11.1 Å². The molecule has 0 aliphatic heterocycles. The lowest BCUT2D eigenvalue weighted by Crippen LogP contribution is -2.14. The Morgan fingerprint density at radius 2 is 1.95 bits per heavy atom. The fraction of sp³-hybridized carbons (Fsp3) is 0.0714. The van der Waals surface area contributed by atoms with Crippen molar-refractivity contribution >= 4 is 44.8 Å². The highest BCUT2D eigenvalue weighted by Crippen LogP contribution is 2.29. The first-order valence-electron chi connectivity index (χ1n) is 5.61. The first-order valence-corrected chi connectivity index (χ1v) is 6.78. The van der Waals surface area contributed by atoms with E-state index >= 15 is 0 Å². The molecule has 0 spiro atoms. The van der Waals surface area contributed by atoms with E-state index < -0.39 is 0 Å². The fourth-order valence-electron chi connectivity index (χ4n) is 1.68. The minimum atomic E-state index is -0.254. The van der Waals surface area contributed by atoms with Gasteiger partial charge in [-0.05, 0) is 46.6 Å². The number of nitrogen functional groups attached to an aromatic ring is 1. The van der Waals surface area contributed by atoms with Crippen molar-refractivity contribution in [3.63, 3.8) is 0 Å². The molecule has 5 heteroatoms. The first kappa shape index (κ1) is 13.9. The SMILES string of the molecule is Cc1cccc(C(=O)Nc2c(N)cccc2Cl)c1Br. The number of amides is 1. The molecule has 0 bridgehead atoms. The van der Waals surface area contributed by atoms with Crippen LogP contribution < -0.4 is 11.1 Å². The summed E-state index contributed by atoms with van der Waals surface area (Å²) in [6.07, 6.45) is 0. The van der Waals surface area contributed by atoms with Crippen molar-refractivity contribution in [2.75, 3.05) is 11.1 Å². The molecule has 0 aliphatic rings. The van der Waals surface area contributed by atoms with E-state index in [2.05, 4.69) is 21.2 Å². The van der Waals surface area contributed by atoms with Gasteiger partial charge in [0, 0.05) is 4.47 Å². The second kappa shape index (κ2) is 5.63. The van der Waals surface area contributed by atoms with E-state index in [9.17, 15) is 4.79 Å². The maximum Gasteiger partial charge on any atom is 0.256 e. The molecule has 2 rings (SSSR count). The van der Waals surface area contributed by atoms with E-state index in [1.54, 1.807) is 24.3 Å². The molecule has 0 saturated heterocycles. The Hall–Kier alpha value is -1.52. The van der Waals surface area contributed by atoms with Gasteiger partial charge in [-0.3, -0.25) is 4.79 Å². The summed E-state index contributed by atoms with van der Waals surface area (Å²) in [5.41, 5.74) is 8.20. The van der Waals surface area contributed by atoms with Crippen LogP contribution in [0.1, 0.15) is 15.9 Å². The molecule has 2 aromatic rings. The predicted octanol–water partition coefficient (Wildman–Crippen LogP) is 4.25. The number of hydrogen-bond donors (Lipinski definition) is 2. The van der Waals surface area contributed by atoms with Crippen LogP contribution in [0, 0.1) is 6.92 Å². The second-order valence-electron chi connectivity index (χ2n) is 4.09. The summed E-state index contributed by atoms with van der Waals surface area (Å²) in [5.74, 6) is -0.254. The number of carbonyl (C=O) groups excluding carboxylic acids is 1. The van der Waals surface area contributed by atoms with Crippen LogP contribution in [0.2, 0.25) is 5.02 Å². The average Bonchev–Trinajstić information content (AvgIpc) is 2.37. The molecule has 1 amide bonds. The molecule has 0 atom stereocenters. The number of nitrogens with two attached hydrogens (primary N) is 1. The Kier molecular flexibility index (Phi) is 4.12. The summed E-state index contributed by atoms with van der Waals surface area (Å²) in [6.45, 7) is 1.92. The summed E-state index contributed by atoms with van der Waals surface area (Å²) in [6, 6.07) is 10.6. The van der Waals surface area contributed by atoms with Gasteiger partial charge in [0.15, 0.2) is 0 Å². The molecule has 0 aromatic heterocycles. The lowest BCUT2D eigenvalue weighted by molar-refractivity contribution is 0.102. The number of hydrogen-bond acceptors (Lipinski definition) is 2. The highest BCUT2D eigenvalue weighted by atomic mass is 79.9. The molecule has 3 nitrogen and oxygen atoms in total. The van der Waals surface area contributed by atoms with Crippen molar-refractivity contribution in [3.8, 4) is 0 Å². The largest absolute Gasteiger partial charge is 0.397 e. The minimum Gasteiger partial charge on any atom is -0.397 e. The average molecular weight is 340 g/mol. The van der Waals surface area contributed by atoms with E-state index in [4.69, 9.17) is 17.3 Å². The molecular formula is C14H12BrClN2O. The van der Waals surface area contributed by atoms with Crippen LogP contribution in [0.25, 0.3) is 0 Å². The van der Waals surface area contributed by atoms with Crippen molar-refractivity contribution in [2.45, 2.75) is 6.92 Å². The van der Waals surface area contributed by atoms with Crippen molar-refractivity contribution in [3.05, 3.63) is 57.0 Å². The Morgan fingerprint density at radius 1 is 1.26 bits per heavy atom. The maximum absolute atomic E-state index is 12.2. The normalized spacial score (nSPS) is 10.3. The molecule has 0 heterocycles. The molecule has 19 heavy (non-hydrogen) atoms. The maximum atomic E-state index is 12.2. The van der Waals surface area contributed by atoms with Gasteiger partial charge in [-0.15, -0.1) is 0 Å². The second-order valence-corrected chi connectivity index (χ2v) is 5.29. The van der Waals surface area contributed by atoms with Crippen LogP contribution >= 0.6 is 27.5 Å². The number of aryl methyl sites for hydroxylation is 1. The van der Waals surface area contributed by atoms with Crippen LogP contribution in [-0.4, -0.2) is 5.91 Å². The number of para-hydroxylation sites is 1. The number of benzene rings is 2. The molecule has 0 unspecified atom stereocenters. The van der Waals surface area contributed by atoms with Crippen LogP contribution in [-0.2, 0) is 0 Å². The molecule has 98 valence electrons. The van der Waals surface area contributed by atoms with E-state index in [1.807, 2.05) is 19.1 Å². The van der Waals surface area contributed by atoms with Gasteiger partial charge in [0.1, 0.15) is 0 Å². The quantitative estimate of drug-likeness (QED) is 0.804. The summed E-state index contributed by atoms with van der Waals surface area (Å²) in [5, 5.41) is 3.15. The number of carbonyl (C=O) groups is 1. The van der Waals surface area contributed by atoms with Crippen molar-refractivity contribution in [1.29, 1.82) is 0 Å². The number of nitrogens with one attached hydrogen (secondary N) is 1. The van der Waals surface area contributed by atoms with Gasteiger partial charge in [-0.1, -0.05) is 29.8 Å². The third-order valence-corrected chi connectivity index (χ3v) is 4.09. The summed E-state index contributed by atoms with van der Waals surface area (Å²) in [7, 11) is 0. The van der Waals surface area contributed by atoms with Crippen LogP contribution in [0.4, 0.5) is 11.4 Å². The third kappa shape index (κ3) is 2.91. The Balaban J connectivity index is 2.34. The Bertz CT molecular complexity index is 623. The summed E-state index contributed by atoms with van der Waals surface area (Å²) in [4.78, 5) is 12.2. The molecule has 0 aliphatic carbocycles. The molecule has 3 N–H and O–H groups in total. The minimum absolute atomic E-state index is 0.254. The standard InChI is InChI=1S/C14H12BrClN2O/c1-8-4-2-5-9(12(8)15)14(19)18-13-10(16)6-3-7-11(13)17/h2-7H,17H2,1H3,(H,18,19). The third-order valence-electron chi connectivity index (χ3n) is 2.72. The zero-order chi connectivity index (χ0) is 14.0. The zero-order valence-electron chi connectivity index (χ0n) is 10.2. The van der Waals surface area contributed by atoms with Crippen molar-refractivity contribution < 1.29 is 4.79 Å². The lowest BCUT2D eigenvalue weighted by Gasteiger charge is -2.11. The van der Waals surface area contributed by atoms with E-state index in [1.165, 1.54) is 0 Å². The number of halogens is 2.